The summed E-state index contributed by atoms with van der Waals surface area (Å²) in [5.74, 6) is 1.10. The van der Waals surface area contributed by atoms with E-state index in [9.17, 15) is 0 Å². The molecule has 0 aliphatic heterocycles. The van der Waals surface area contributed by atoms with Crippen LogP contribution in [0.5, 0.6) is 0 Å². The fraction of sp³-hybridized carbons (Fsp3) is 0.438. The van der Waals surface area contributed by atoms with Crippen molar-refractivity contribution in [3.05, 3.63) is 52.1 Å². The molecule has 0 spiro atoms. The number of aryl methyl sites for hydroxylation is 2. The number of nitrogens with zero attached hydrogens (tertiary/aromatic N) is 2. The normalized spacial score (nSPS) is 11.0. The molecule has 2 rings (SSSR count). The van der Waals surface area contributed by atoms with E-state index >= 15 is 0 Å². The largest absolute Gasteiger partial charge is 0.334 e. The van der Waals surface area contributed by atoms with Crippen LogP contribution >= 0.6 is 0 Å². The second-order valence-electron chi connectivity index (χ2n) is 5.32. The predicted octanol–water partition coefficient (Wildman–Crippen LogP) is 2.66. The minimum Gasteiger partial charge on any atom is -0.334 e. The van der Waals surface area contributed by atoms with Gasteiger partial charge < -0.3 is 9.88 Å². The Balaban J connectivity index is 2.30. The molecule has 1 heterocycles. The Hall–Kier alpha value is -1.61. The highest BCUT2D eigenvalue weighted by atomic mass is 15.1. The summed E-state index contributed by atoms with van der Waals surface area (Å²) in [7, 11) is 4.04. The summed E-state index contributed by atoms with van der Waals surface area (Å²) in [6, 6.07) is 6.71. The van der Waals surface area contributed by atoms with Crippen molar-refractivity contribution in [1.29, 1.82) is 0 Å². The van der Waals surface area contributed by atoms with E-state index < -0.39 is 0 Å². The first-order chi connectivity index (χ1) is 9.01. The van der Waals surface area contributed by atoms with Gasteiger partial charge in [-0.25, -0.2) is 4.98 Å². The topological polar surface area (TPSA) is 29.9 Å². The maximum atomic E-state index is 4.75. The second kappa shape index (κ2) is 5.57. The first kappa shape index (κ1) is 13.8. The van der Waals surface area contributed by atoms with E-state index in [0.29, 0.717) is 0 Å². The fourth-order valence-corrected chi connectivity index (χ4v) is 2.55. The summed E-state index contributed by atoms with van der Waals surface area (Å²) >= 11 is 0. The lowest BCUT2D eigenvalue weighted by atomic mass is 10.0. The first-order valence-corrected chi connectivity index (χ1v) is 6.74. The molecule has 0 saturated carbocycles. The highest BCUT2D eigenvalue weighted by molar-refractivity contribution is 5.32. The van der Waals surface area contributed by atoms with Crippen molar-refractivity contribution in [2.24, 2.45) is 7.05 Å². The standard InChI is InChI=1S/C16H23N3/c1-11-6-12(2)8-14(7-11)9-15-13(3)19(5)16(18-15)10-17-4/h6-8,17H,9-10H2,1-5H3. The zero-order valence-electron chi connectivity index (χ0n) is 12.5. The maximum absolute atomic E-state index is 4.75. The molecular weight excluding hydrogens is 234 g/mol. The van der Waals surface area contributed by atoms with Crippen molar-refractivity contribution >= 4 is 0 Å². The second-order valence-corrected chi connectivity index (χ2v) is 5.32. The van der Waals surface area contributed by atoms with Crippen LogP contribution in [0.25, 0.3) is 0 Å². The van der Waals surface area contributed by atoms with Crippen molar-refractivity contribution < 1.29 is 0 Å². The van der Waals surface area contributed by atoms with E-state index in [1.165, 1.54) is 28.1 Å². The molecule has 0 bridgehead atoms. The first-order valence-electron chi connectivity index (χ1n) is 6.74. The number of hydrogen-bond donors (Lipinski definition) is 1. The molecular formula is C16H23N3. The SMILES string of the molecule is CNCc1nc(Cc2cc(C)cc(C)c2)c(C)n1C. The summed E-state index contributed by atoms with van der Waals surface area (Å²) in [5, 5.41) is 3.16. The van der Waals surface area contributed by atoms with E-state index in [4.69, 9.17) is 4.98 Å². The number of imidazole rings is 1. The monoisotopic (exact) mass is 257 g/mol. The van der Waals surface area contributed by atoms with Gasteiger partial charge >= 0.3 is 0 Å². The third-order valence-corrected chi connectivity index (χ3v) is 3.56. The molecule has 3 heteroatoms. The minimum absolute atomic E-state index is 0.810. The maximum Gasteiger partial charge on any atom is 0.122 e. The van der Waals surface area contributed by atoms with Gasteiger partial charge in [-0.2, -0.15) is 0 Å². The highest BCUT2D eigenvalue weighted by Gasteiger charge is 2.11. The van der Waals surface area contributed by atoms with Gasteiger partial charge in [0.05, 0.1) is 12.2 Å². The van der Waals surface area contributed by atoms with Gasteiger partial charge in [-0.05, 0) is 33.4 Å². The Kier molecular flexibility index (Phi) is 4.05. The van der Waals surface area contributed by atoms with Crippen molar-refractivity contribution in [2.45, 2.75) is 33.7 Å². The number of nitrogens with one attached hydrogen (secondary N) is 1. The average molecular weight is 257 g/mol. The summed E-state index contributed by atoms with van der Waals surface area (Å²) in [4.78, 5) is 4.75. The lowest BCUT2D eigenvalue weighted by Gasteiger charge is -2.04. The molecule has 1 aromatic carbocycles. The molecule has 1 aromatic heterocycles. The number of aromatic nitrogens is 2. The van der Waals surface area contributed by atoms with Crippen molar-refractivity contribution in [3.8, 4) is 0 Å². The Labute approximate surface area is 115 Å². The highest BCUT2D eigenvalue weighted by Crippen LogP contribution is 2.17. The Morgan fingerprint density at radius 1 is 1.11 bits per heavy atom. The summed E-state index contributed by atoms with van der Waals surface area (Å²) in [6.07, 6.45) is 0.909. The minimum atomic E-state index is 0.810. The molecule has 3 nitrogen and oxygen atoms in total. The Bertz CT molecular complexity index is 562. The van der Waals surface area contributed by atoms with Gasteiger partial charge in [0.25, 0.3) is 0 Å². The molecule has 19 heavy (non-hydrogen) atoms. The third-order valence-electron chi connectivity index (χ3n) is 3.56. The van der Waals surface area contributed by atoms with Crippen LogP contribution in [0.1, 0.15) is 33.9 Å². The van der Waals surface area contributed by atoms with E-state index in [0.717, 1.165) is 18.8 Å². The predicted molar refractivity (Wildman–Crippen MR) is 79.4 cm³/mol. The van der Waals surface area contributed by atoms with Crippen LogP contribution in [-0.2, 0) is 20.0 Å². The summed E-state index contributed by atoms with van der Waals surface area (Å²) < 4.78 is 2.18. The van der Waals surface area contributed by atoms with Gasteiger partial charge in [0, 0.05) is 19.2 Å². The molecule has 0 aliphatic rings. The molecule has 0 unspecified atom stereocenters. The average Bonchev–Trinajstić information content (AvgIpc) is 2.57. The molecule has 0 amide bonds. The number of hydrogen-bond acceptors (Lipinski definition) is 2. The van der Waals surface area contributed by atoms with Crippen molar-refractivity contribution in [1.82, 2.24) is 14.9 Å². The van der Waals surface area contributed by atoms with Crippen LogP contribution in [-0.4, -0.2) is 16.6 Å². The lowest BCUT2D eigenvalue weighted by molar-refractivity contribution is 0.700. The van der Waals surface area contributed by atoms with Crippen LogP contribution in [0, 0.1) is 20.8 Å². The van der Waals surface area contributed by atoms with Crippen LogP contribution < -0.4 is 5.32 Å². The van der Waals surface area contributed by atoms with Gasteiger partial charge in [0.2, 0.25) is 0 Å². The molecule has 0 saturated heterocycles. The van der Waals surface area contributed by atoms with Crippen LogP contribution in [0.4, 0.5) is 0 Å². The quantitative estimate of drug-likeness (QED) is 0.912. The Morgan fingerprint density at radius 3 is 2.32 bits per heavy atom. The molecule has 2 aromatic rings. The summed E-state index contributed by atoms with van der Waals surface area (Å²) in [6.45, 7) is 7.25. The smallest absolute Gasteiger partial charge is 0.122 e. The van der Waals surface area contributed by atoms with Crippen LogP contribution in [0.3, 0.4) is 0 Å². The van der Waals surface area contributed by atoms with Gasteiger partial charge in [-0.1, -0.05) is 29.3 Å². The fourth-order valence-electron chi connectivity index (χ4n) is 2.55. The van der Waals surface area contributed by atoms with E-state index in [2.05, 4.69) is 55.9 Å². The van der Waals surface area contributed by atoms with E-state index in [-0.39, 0.29) is 0 Å². The molecule has 102 valence electrons. The zero-order valence-corrected chi connectivity index (χ0v) is 12.5. The van der Waals surface area contributed by atoms with Gasteiger partial charge in [0.1, 0.15) is 5.82 Å². The number of rotatable bonds is 4. The van der Waals surface area contributed by atoms with E-state index in [1.54, 1.807) is 0 Å². The van der Waals surface area contributed by atoms with Gasteiger partial charge in [0.15, 0.2) is 0 Å². The van der Waals surface area contributed by atoms with Crippen LogP contribution in [0.15, 0.2) is 18.2 Å². The number of benzene rings is 1. The molecule has 0 atom stereocenters. The Morgan fingerprint density at radius 2 is 1.74 bits per heavy atom. The molecule has 1 N–H and O–H groups in total. The molecule has 0 radical (unpaired) electrons. The van der Waals surface area contributed by atoms with Crippen molar-refractivity contribution in [3.63, 3.8) is 0 Å². The molecule has 0 aliphatic carbocycles. The molecule has 0 fully saturated rings. The van der Waals surface area contributed by atoms with Crippen molar-refractivity contribution in [2.75, 3.05) is 7.05 Å². The lowest BCUT2D eigenvalue weighted by Crippen LogP contribution is -2.10. The summed E-state index contributed by atoms with van der Waals surface area (Å²) in [5.41, 5.74) is 6.41. The van der Waals surface area contributed by atoms with Gasteiger partial charge in [-0.15, -0.1) is 0 Å². The third kappa shape index (κ3) is 3.04. The van der Waals surface area contributed by atoms with E-state index in [1.807, 2.05) is 7.05 Å². The van der Waals surface area contributed by atoms with Crippen LogP contribution in [0.2, 0.25) is 0 Å². The van der Waals surface area contributed by atoms with Gasteiger partial charge in [-0.3, -0.25) is 0 Å². The zero-order chi connectivity index (χ0) is 14.0.